The Morgan fingerprint density at radius 1 is 1.28 bits per heavy atom. The molecule has 0 radical (unpaired) electrons. The zero-order valence-electron chi connectivity index (χ0n) is 12.0. The highest BCUT2D eigenvalue weighted by Gasteiger charge is 2.42. The molecule has 2 aliphatic heterocycles. The minimum Gasteiger partial charge on any atom is -0.378 e. The van der Waals surface area contributed by atoms with E-state index in [1.807, 2.05) is 0 Å². The van der Waals surface area contributed by atoms with Crippen molar-refractivity contribution in [2.24, 2.45) is 5.73 Å². The predicted octanol–water partition coefficient (Wildman–Crippen LogP) is 1.38. The minimum absolute atomic E-state index is 0.130. The Hall–Kier alpha value is -0.160. The third-order valence-corrected chi connectivity index (χ3v) is 4.45. The monoisotopic (exact) mass is 256 g/mol. The van der Waals surface area contributed by atoms with Crippen molar-refractivity contribution >= 4 is 0 Å². The fourth-order valence-corrected chi connectivity index (χ4v) is 3.43. The summed E-state index contributed by atoms with van der Waals surface area (Å²) >= 11 is 0. The second kappa shape index (κ2) is 5.87. The van der Waals surface area contributed by atoms with E-state index in [9.17, 15) is 0 Å². The first-order valence-electron chi connectivity index (χ1n) is 7.32. The van der Waals surface area contributed by atoms with Gasteiger partial charge in [0, 0.05) is 31.8 Å². The fraction of sp³-hybridized carbons (Fsp3) is 1.00. The van der Waals surface area contributed by atoms with E-state index < -0.39 is 0 Å². The predicted molar refractivity (Wildman–Crippen MR) is 72.6 cm³/mol. The van der Waals surface area contributed by atoms with E-state index in [0.717, 1.165) is 45.5 Å². The number of hydrogen-bond acceptors (Lipinski definition) is 4. The molecule has 2 unspecified atom stereocenters. The van der Waals surface area contributed by atoms with Gasteiger partial charge in [-0.25, -0.2) is 0 Å². The SMILES string of the molecule is CCC1CC(CN)(N2C[C@@H](C)O[C@@H](C)C2)CCO1. The van der Waals surface area contributed by atoms with Crippen molar-refractivity contribution in [2.75, 3.05) is 26.2 Å². The van der Waals surface area contributed by atoms with E-state index in [1.54, 1.807) is 0 Å². The first-order valence-corrected chi connectivity index (χ1v) is 7.32. The van der Waals surface area contributed by atoms with Crippen LogP contribution in [0.15, 0.2) is 0 Å². The number of ether oxygens (including phenoxy) is 2. The highest BCUT2D eigenvalue weighted by molar-refractivity contribution is 4.98. The lowest BCUT2D eigenvalue weighted by Crippen LogP contribution is -2.63. The van der Waals surface area contributed by atoms with Gasteiger partial charge in [0.1, 0.15) is 0 Å². The van der Waals surface area contributed by atoms with Crippen LogP contribution in [-0.2, 0) is 9.47 Å². The summed E-state index contributed by atoms with van der Waals surface area (Å²) in [4.78, 5) is 2.57. The Kier molecular flexibility index (Phi) is 4.64. The molecule has 0 aromatic heterocycles. The molecule has 2 fully saturated rings. The van der Waals surface area contributed by atoms with Gasteiger partial charge in [0.15, 0.2) is 0 Å². The smallest absolute Gasteiger partial charge is 0.0678 e. The molecule has 18 heavy (non-hydrogen) atoms. The van der Waals surface area contributed by atoms with Crippen LogP contribution in [0.25, 0.3) is 0 Å². The molecular weight excluding hydrogens is 228 g/mol. The quantitative estimate of drug-likeness (QED) is 0.829. The summed E-state index contributed by atoms with van der Waals surface area (Å²) in [6.45, 7) is 10.1. The molecule has 0 aromatic carbocycles. The second-order valence-corrected chi connectivity index (χ2v) is 5.95. The van der Waals surface area contributed by atoms with Crippen LogP contribution in [0.1, 0.15) is 40.0 Å². The highest BCUT2D eigenvalue weighted by Crippen LogP contribution is 2.33. The van der Waals surface area contributed by atoms with Gasteiger partial charge in [-0.05, 0) is 33.1 Å². The number of morpholine rings is 1. The van der Waals surface area contributed by atoms with E-state index in [2.05, 4.69) is 25.7 Å². The number of rotatable bonds is 3. The number of nitrogens with zero attached hydrogens (tertiary/aromatic N) is 1. The lowest BCUT2D eigenvalue weighted by atomic mass is 9.83. The summed E-state index contributed by atoms with van der Waals surface area (Å²) in [6.07, 6.45) is 4.19. The Morgan fingerprint density at radius 3 is 2.50 bits per heavy atom. The van der Waals surface area contributed by atoms with Gasteiger partial charge in [-0.2, -0.15) is 0 Å². The maximum atomic E-state index is 6.14. The highest BCUT2D eigenvalue weighted by atomic mass is 16.5. The summed E-state index contributed by atoms with van der Waals surface area (Å²) < 4.78 is 11.7. The summed E-state index contributed by atoms with van der Waals surface area (Å²) in [6, 6.07) is 0. The van der Waals surface area contributed by atoms with Crippen LogP contribution in [0.2, 0.25) is 0 Å². The maximum absolute atomic E-state index is 6.14. The average molecular weight is 256 g/mol. The van der Waals surface area contributed by atoms with Crippen LogP contribution >= 0.6 is 0 Å². The number of hydrogen-bond donors (Lipinski definition) is 1. The van der Waals surface area contributed by atoms with Crippen LogP contribution in [-0.4, -0.2) is 55.0 Å². The van der Waals surface area contributed by atoms with E-state index in [0.29, 0.717) is 18.3 Å². The molecule has 106 valence electrons. The summed E-state index contributed by atoms with van der Waals surface area (Å²) in [5.74, 6) is 0. The van der Waals surface area contributed by atoms with Gasteiger partial charge >= 0.3 is 0 Å². The first kappa shape index (κ1) is 14.3. The largest absolute Gasteiger partial charge is 0.378 e. The van der Waals surface area contributed by atoms with E-state index in [-0.39, 0.29) is 5.54 Å². The molecule has 0 aromatic rings. The Balaban J connectivity index is 2.10. The van der Waals surface area contributed by atoms with Gasteiger partial charge in [0.25, 0.3) is 0 Å². The molecule has 4 nitrogen and oxygen atoms in total. The fourth-order valence-electron chi connectivity index (χ4n) is 3.43. The van der Waals surface area contributed by atoms with E-state index >= 15 is 0 Å². The molecule has 4 heteroatoms. The van der Waals surface area contributed by atoms with Crippen molar-refractivity contribution in [2.45, 2.75) is 63.9 Å². The standard InChI is InChI=1S/C14H28N2O2/c1-4-13-7-14(10-15,5-6-17-13)16-8-11(2)18-12(3)9-16/h11-13H,4-10,15H2,1-3H3/t11-,12+,13?,14?. The molecule has 0 amide bonds. The number of nitrogens with two attached hydrogens (primary N) is 1. The van der Waals surface area contributed by atoms with E-state index in [1.165, 1.54) is 0 Å². The van der Waals surface area contributed by atoms with Crippen molar-refractivity contribution in [3.63, 3.8) is 0 Å². The Morgan fingerprint density at radius 2 is 1.94 bits per heavy atom. The average Bonchev–Trinajstić information content (AvgIpc) is 2.37. The molecule has 0 aliphatic carbocycles. The zero-order chi connectivity index (χ0) is 13.2. The van der Waals surface area contributed by atoms with Crippen molar-refractivity contribution in [3.05, 3.63) is 0 Å². The van der Waals surface area contributed by atoms with Gasteiger partial charge in [-0.15, -0.1) is 0 Å². The Labute approximate surface area is 111 Å². The van der Waals surface area contributed by atoms with Gasteiger partial charge in [-0.1, -0.05) is 6.92 Å². The molecular formula is C14H28N2O2. The molecule has 4 atom stereocenters. The molecule has 0 saturated carbocycles. The third-order valence-electron chi connectivity index (χ3n) is 4.45. The van der Waals surface area contributed by atoms with Crippen LogP contribution in [0.3, 0.4) is 0 Å². The van der Waals surface area contributed by atoms with Gasteiger partial charge < -0.3 is 15.2 Å². The lowest BCUT2D eigenvalue weighted by molar-refractivity contribution is -0.135. The molecule has 2 aliphatic rings. The lowest BCUT2D eigenvalue weighted by Gasteiger charge is -2.51. The molecule has 2 heterocycles. The molecule has 0 spiro atoms. The van der Waals surface area contributed by atoms with Gasteiger partial charge in [0.2, 0.25) is 0 Å². The zero-order valence-corrected chi connectivity index (χ0v) is 12.0. The Bertz CT molecular complexity index is 265. The second-order valence-electron chi connectivity index (χ2n) is 5.95. The van der Waals surface area contributed by atoms with Gasteiger partial charge in [0.05, 0.1) is 18.3 Å². The van der Waals surface area contributed by atoms with Crippen LogP contribution in [0, 0.1) is 0 Å². The van der Waals surface area contributed by atoms with Crippen molar-refractivity contribution < 1.29 is 9.47 Å². The third kappa shape index (κ3) is 2.87. The molecule has 2 saturated heterocycles. The van der Waals surface area contributed by atoms with Crippen LogP contribution in [0.5, 0.6) is 0 Å². The molecule has 2 rings (SSSR count). The topological polar surface area (TPSA) is 47.7 Å². The van der Waals surface area contributed by atoms with Crippen molar-refractivity contribution in [1.82, 2.24) is 4.90 Å². The summed E-state index contributed by atoms with van der Waals surface area (Å²) in [5.41, 5.74) is 6.27. The summed E-state index contributed by atoms with van der Waals surface area (Å²) in [5, 5.41) is 0. The maximum Gasteiger partial charge on any atom is 0.0678 e. The van der Waals surface area contributed by atoms with Gasteiger partial charge in [-0.3, -0.25) is 4.90 Å². The normalized spacial score (nSPS) is 43.0. The summed E-state index contributed by atoms with van der Waals surface area (Å²) in [7, 11) is 0. The molecule has 0 bridgehead atoms. The van der Waals surface area contributed by atoms with Crippen LogP contribution < -0.4 is 5.73 Å². The van der Waals surface area contributed by atoms with E-state index in [4.69, 9.17) is 15.2 Å². The molecule has 2 N–H and O–H groups in total. The minimum atomic E-state index is 0.130. The van der Waals surface area contributed by atoms with Crippen molar-refractivity contribution in [1.29, 1.82) is 0 Å². The first-order chi connectivity index (χ1) is 8.59. The van der Waals surface area contributed by atoms with Crippen LogP contribution in [0.4, 0.5) is 0 Å². The van der Waals surface area contributed by atoms with Crippen molar-refractivity contribution in [3.8, 4) is 0 Å².